The van der Waals surface area contributed by atoms with Gasteiger partial charge in [0.05, 0.1) is 6.10 Å². The number of hydrogen-bond donors (Lipinski definition) is 1. The number of aliphatic hydroxyl groups is 1. The largest absolute Gasteiger partial charge is 0.388 e. The molecule has 0 saturated heterocycles. The van der Waals surface area contributed by atoms with Crippen LogP contribution in [0.3, 0.4) is 0 Å². The van der Waals surface area contributed by atoms with Gasteiger partial charge in [0.1, 0.15) is 0 Å². The molecule has 1 nitrogen and oxygen atoms in total. The van der Waals surface area contributed by atoms with Crippen LogP contribution in [-0.2, 0) is 0 Å². The Morgan fingerprint density at radius 3 is 1.94 bits per heavy atom. The minimum Gasteiger partial charge on any atom is -0.388 e. The fraction of sp³-hybridized carbons (Fsp3) is 0.625. The molecule has 0 spiro atoms. The molecule has 1 saturated carbocycles. The molecule has 0 aromatic heterocycles. The van der Waals surface area contributed by atoms with Crippen molar-refractivity contribution in [3.8, 4) is 0 Å². The van der Waals surface area contributed by atoms with Gasteiger partial charge in [-0.15, -0.1) is 0 Å². The summed E-state index contributed by atoms with van der Waals surface area (Å²) in [6.07, 6.45) is -0.471. The first-order valence-electron chi connectivity index (χ1n) is 6.55. The Bertz CT molecular complexity index is 474. The van der Waals surface area contributed by atoms with Crippen molar-refractivity contribution < 1.29 is 5.11 Å². The van der Waals surface area contributed by atoms with Crippen molar-refractivity contribution in [1.29, 1.82) is 0 Å². The quantitative estimate of drug-likeness (QED) is 0.825. The molecule has 1 aromatic carbocycles. The lowest BCUT2D eigenvalue weighted by Crippen LogP contribution is -2.07. The fourth-order valence-electron chi connectivity index (χ4n) is 3.25. The zero-order valence-corrected chi connectivity index (χ0v) is 12.9. The van der Waals surface area contributed by atoms with Crippen LogP contribution in [0.15, 0.2) is 12.1 Å². The average molecular weight is 267 g/mol. The van der Waals surface area contributed by atoms with Gasteiger partial charge in [0, 0.05) is 10.9 Å². The van der Waals surface area contributed by atoms with E-state index in [0.717, 1.165) is 5.56 Å². The van der Waals surface area contributed by atoms with Gasteiger partial charge in [-0.05, 0) is 47.4 Å². The van der Waals surface area contributed by atoms with Gasteiger partial charge >= 0.3 is 0 Å². The summed E-state index contributed by atoms with van der Waals surface area (Å²) in [5.41, 5.74) is 3.56. The van der Waals surface area contributed by atoms with Gasteiger partial charge in [-0.2, -0.15) is 0 Å². The second-order valence-electron chi connectivity index (χ2n) is 6.82. The predicted octanol–water partition coefficient (Wildman–Crippen LogP) is 4.67. The maximum Gasteiger partial charge on any atom is 0.0843 e. The van der Waals surface area contributed by atoms with E-state index >= 15 is 0 Å². The van der Waals surface area contributed by atoms with E-state index in [2.05, 4.69) is 34.6 Å². The molecule has 100 valence electrons. The Morgan fingerprint density at radius 1 is 1.06 bits per heavy atom. The molecule has 0 amide bonds. The number of rotatable bonds is 2. The highest BCUT2D eigenvalue weighted by atomic mass is 35.5. The van der Waals surface area contributed by atoms with Gasteiger partial charge in [-0.25, -0.2) is 0 Å². The van der Waals surface area contributed by atoms with Crippen LogP contribution >= 0.6 is 11.6 Å². The second-order valence-corrected chi connectivity index (χ2v) is 7.23. The van der Waals surface area contributed by atoms with E-state index in [1.54, 1.807) is 0 Å². The van der Waals surface area contributed by atoms with Crippen molar-refractivity contribution in [3.05, 3.63) is 33.8 Å². The minimum absolute atomic E-state index is 0.161. The number of halogens is 1. The zero-order chi connectivity index (χ0) is 13.9. The SMILES string of the molecule is Cc1cc(Cl)c(C(O)C2C(C)(C)C2(C)C)cc1C. The molecule has 1 aliphatic rings. The molecule has 1 unspecified atom stereocenters. The monoisotopic (exact) mass is 266 g/mol. The van der Waals surface area contributed by atoms with Crippen LogP contribution in [0.5, 0.6) is 0 Å². The molecule has 0 aliphatic heterocycles. The Balaban J connectivity index is 2.37. The first-order chi connectivity index (χ1) is 8.10. The molecule has 0 radical (unpaired) electrons. The van der Waals surface area contributed by atoms with E-state index in [9.17, 15) is 5.11 Å². The zero-order valence-electron chi connectivity index (χ0n) is 12.1. The minimum atomic E-state index is -0.471. The number of hydrogen-bond acceptors (Lipinski definition) is 1. The van der Waals surface area contributed by atoms with Crippen LogP contribution in [0, 0.1) is 30.6 Å². The fourth-order valence-corrected chi connectivity index (χ4v) is 3.58. The summed E-state index contributed by atoms with van der Waals surface area (Å²) in [6, 6.07) is 3.99. The summed E-state index contributed by atoms with van der Waals surface area (Å²) in [5.74, 6) is 0.268. The van der Waals surface area contributed by atoms with Gasteiger partial charge in [0.25, 0.3) is 0 Å². The van der Waals surface area contributed by atoms with Crippen molar-refractivity contribution in [3.63, 3.8) is 0 Å². The molecule has 1 atom stereocenters. The first kappa shape index (κ1) is 13.9. The van der Waals surface area contributed by atoms with E-state index in [1.165, 1.54) is 11.1 Å². The van der Waals surface area contributed by atoms with E-state index in [0.29, 0.717) is 5.02 Å². The summed E-state index contributed by atoms with van der Waals surface area (Å²) < 4.78 is 0. The number of aryl methyl sites for hydroxylation is 2. The topological polar surface area (TPSA) is 20.2 Å². The van der Waals surface area contributed by atoms with Crippen molar-refractivity contribution in [2.45, 2.75) is 47.6 Å². The van der Waals surface area contributed by atoms with Crippen molar-refractivity contribution >= 4 is 11.6 Å². The van der Waals surface area contributed by atoms with Crippen molar-refractivity contribution in [1.82, 2.24) is 0 Å². The number of aliphatic hydroxyl groups excluding tert-OH is 1. The van der Waals surface area contributed by atoms with Crippen LogP contribution in [0.4, 0.5) is 0 Å². The van der Waals surface area contributed by atoms with Crippen LogP contribution in [-0.4, -0.2) is 5.11 Å². The van der Waals surface area contributed by atoms with Gasteiger partial charge in [-0.1, -0.05) is 45.4 Å². The van der Waals surface area contributed by atoms with Crippen LogP contribution in [0.2, 0.25) is 5.02 Å². The van der Waals surface area contributed by atoms with E-state index in [4.69, 9.17) is 11.6 Å². The molecular weight excluding hydrogens is 244 g/mol. The Morgan fingerprint density at radius 2 is 1.50 bits per heavy atom. The lowest BCUT2D eigenvalue weighted by Gasteiger charge is -2.16. The summed E-state index contributed by atoms with van der Waals surface area (Å²) in [6.45, 7) is 13.0. The Kier molecular flexibility index (Phi) is 3.07. The molecular formula is C16H23ClO. The van der Waals surface area contributed by atoms with Crippen LogP contribution < -0.4 is 0 Å². The lowest BCUT2D eigenvalue weighted by molar-refractivity contribution is 0.131. The van der Waals surface area contributed by atoms with Gasteiger partial charge in [0.2, 0.25) is 0 Å². The highest BCUT2D eigenvalue weighted by Gasteiger charge is 2.67. The van der Waals surface area contributed by atoms with Crippen molar-refractivity contribution in [2.24, 2.45) is 16.7 Å². The maximum atomic E-state index is 10.6. The molecule has 18 heavy (non-hydrogen) atoms. The van der Waals surface area contributed by atoms with Gasteiger partial charge in [-0.3, -0.25) is 0 Å². The molecule has 1 fully saturated rings. The molecule has 2 heteroatoms. The van der Waals surface area contributed by atoms with E-state index in [-0.39, 0.29) is 16.7 Å². The maximum absolute atomic E-state index is 10.6. The third-order valence-electron chi connectivity index (χ3n) is 5.38. The normalized spacial score (nSPS) is 22.9. The summed E-state index contributed by atoms with van der Waals surface area (Å²) in [7, 11) is 0. The van der Waals surface area contributed by atoms with Gasteiger partial charge in [0.15, 0.2) is 0 Å². The third-order valence-corrected chi connectivity index (χ3v) is 5.71. The second kappa shape index (κ2) is 3.98. The summed E-state index contributed by atoms with van der Waals surface area (Å²) in [4.78, 5) is 0. The first-order valence-corrected chi connectivity index (χ1v) is 6.93. The van der Waals surface area contributed by atoms with E-state index in [1.807, 2.05) is 19.1 Å². The average Bonchev–Trinajstić information content (AvgIpc) is 2.62. The standard InChI is InChI=1S/C16H23ClO/c1-9-7-11(12(17)8-10(9)2)13(18)14-15(3,4)16(14,5)6/h7-8,13-14,18H,1-6H3. The molecule has 0 heterocycles. The molecule has 1 aromatic rings. The highest BCUT2D eigenvalue weighted by molar-refractivity contribution is 6.31. The predicted molar refractivity (Wildman–Crippen MR) is 76.9 cm³/mol. The lowest BCUT2D eigenvalue weighted by atomic mass is 9.96. The molecule has 1 N–H and O–H groups in total. The Hall–Kier alpha value is -0.530. The van der Waals surface area contributed by atoms with Crippen LogP contribution in [0.1, 0.15) is 50.5 Å². The van der Waals surface area contributed by atoms with Gasteiger partial charge < -0.3 is 5.11 Å². The summed E-state index contributed by atoms with van der Waals surface area (Å²) in [5, 5.41) is 11.3. The molecule has 0 bridgehead atoms. The van der Waals surface area contributed by atoms with Crippen LogP contribution in [0.25, 0.3) is 0 Å². The van der Waals surface area contributed by atoms with Crippen molar-refractivity contribution in [2.75, 3.05) is 0 Å². The summed E-state index contributed by atoms with van der Waals surface area (Å²) >= 11 is 6.29. The van der Waals surface area contributed by atoms with E-state index < -0.39 is 6.10 Å². The number of benzene rings is 1. The smallest absolute Gasteiger partial charge is 0.0843 e. The molecule has 2 rings (SSSR count). The third kappa shape index (κ3) is 1.80. The highest BCUT2D eigenvalue weighted by Crippen LogP contribution is 2.72. The molecule has 1 aliphatic carbocycles. The Labute approximate surface area is 115 Å².